The summed E-state index contributed by atoms with van der Waals surface area (Å²) in [5.41, 5.74) is 4.51. The average molecular weight is 657 g/mol. The molecule has 3 aliphatic heterocycles. The first-order valence-corrected chi connectivity index (χ1v) is 16.9. The second kappa shape index (κ2) is 13.5. The van der Waals surface area contributed by atoms with E-state index in [1.807, 2.05) is 35.2 Å². The van der Waals surface area contributed by atoms with Gasteiger partial charge in [0.2, 0.25) is 5.95 Å². The van der Waals surface area contributed by atoms with E-state index >= 15 is 0 Å². The van der Waals surface area contributed by atoms with Crippen LogP contribution in [-0.4, -0.2) is 104 Å². The number of carbonyl (C=O) groups excluding carboxylic acids is 1. The van der Waals surface area contributed by atoms with Crippen LogP contribution in [0.2, 0.25) is 0 Å². The third kappa shape index (κ3) is 6.48. The summed E-state index contributed by atoms with van der Waals surface area (Å²) in [4.78, 5) is 33.8. The SMILES string of the molecule is CN(C)C1CN(c2nc3c(c(N4CCN(C(=O)OCc5ccccc5)[C@@H](CC#N)C4)n2)CCC(N2C[C@@H](F)Cc4ccc(F)cc42)C3)C1. The fourth-order valence-corrected chi connectivity index (χ4v) is 7.49. The molecule has 0 saturated carbocycles. The van der Waals surface area contributed by atoms with E-state index in [9.17, 15) is 18.8 Å². The van der Waals surface area contributed by atoms with E-state index in [2.05, 4.69) is 34.9 Å². The van der Waals surface area contributed by atoms with E-state index < -0.39 is 12.3 Å². The van der Waals surface area contributed by atoms with Crippen molar-refractivity contribution in [3.8, 4) is 6.07 Å². The molecule has 12 heteroatoms. The standard InChI is InChI=1S/C36H42F2N8O2/c1-42(2)30-21-44(22-30)35-40-32-18-28(46-19-27(38)16-25-8-9-26(37)17-33(25)46)10-11-31(32)34(41-35)43-14-15-45(29(20-43)12-13-39)36(47)48-23-24-6-4-3-5-7-24/h3-9,17,27-30H,10-12,14-16,18-23H2,1-2H3/t27-,28?,29-/m0/s1. The van der Waals surface area contributed by atoms with Gasteiger partial charge in [-0.3, -0.25) is 0 Å². The number of alkyl halides is 1. The van der Waals surface area contributed by atoms with Crippen LogP contribution in [0.4, 0.5) is 31.0 Å². The lowest BCUT2D eigenvalue weighted by Crippen LogP contribution is -2.58. The molecule has 3 aromatic rings. The zero-order chi connectivity index (χ0) is 33.4. The molecule has 1 aliphatic carbocycles. The predicted octanol–water partition coefficient (Wildman–Crippen LogP) is 4.37. The first kappa shape index (κ1) is 32.1. The second-order valence-corrected chi connectivity index (χ2v) is 13.6. The Morgan fingerprint density at radius 2 is 1.85 bits per heavy atom. The molecule has 4 heterocycles. The zero-order valence-corrected chi connectivity index (χ0v) is 27.6. The summed E-state index contributed by atoms with van der Waals surface area (Å²) >= 11 is 0. The second-order valence-electron chi connectivity index (χ2n) is 13.6. The van der Waals surface area contributed by atoms with Gasteiger partial charge in [0.1, 0.15) is 24.4 Å². The largest absolute Gasteiger partial charge is 0.445 e. The summed E-state index contributed by atoms with van der Waals surface area (Å²) in [5.74, 6) is 1.19. The minimum atomic E-state index is -1.02. The van der Waals surface area contributed by atoms with Crippen molar-refractivity contribution in [3.63, 3.8) is 0 Å². The maximum Gasteiger partial charge on any atom is 0.410 e. The molecule has 2 saturated heterocycles. The van der Waals surface area contributed by atoms with Crippen LogP contribution >= 0.6 is 0 Å². The number of amides is 1. The van der Waals surface area contributed by atoms with Gasteiger partial charge >= 0.3 is 6.09 Å². The summed E-state index contributed by atoms with van der Waals surface area (Å²) in [5, 5.41) is 9.72. The molecule has 1 unspecified atom stereocenters. The van der Waals surface area contributed by atoms with Crippen molar-refractivity contribution >= 4 is 23.5 Å². The van der Waals surface area contributed by atoms with E-state index in [1.54, 1.807) is 11.0 Å². The van der Waals surface area contributed by atoms with Crippen molar-refractivity contribution in [2.24, 2.45) is 0 Å². The van der Waals surface area contributed by atoms with E-state index in [0.29, 0.717) is 50.9 Å². The molecule has 0 N–H and O–H groups in total. The number of nitriles is 1. The molecule has 0 radical (unpaired) electrons. The summed E-state index contributed by atoms with van der Waals surface area (Å²) in [7, 11) is 4.14. The Morgan fingerprint density at radius 1 is 1.04 bits per heavy atom. The number of aromatic nitrogens is 2. The molecule has 48 heavy (non-hydrogen) atoms. The van der Waals surface area contributed by atoms with Gasteiger partial charge in [-0.1, -0.05) is 36.4 Å². The number of rotatable bonds is 7. The first-order chi connectivity index (χ1) is 23.3. The molecular formula is C36H42F2N8O2. The van der Waals surface area contributed by atoms with Crippen molar-refractivity contribution in [2.45, 2.75) is 63.0 Å². The molecule has 3 atom stereocenters. The number of ether oxygens (including phenoxy) is 1. The van der Waals surface area contributed by atoms with Crippen LogP contribution in [0.3, 0.4) is 0 Å². The van der Waals surface area contributed by atoms with Gasteiger partial charge in [-0.15, -0.1) is 0 Å². The molecule has 2 fully saturated rings. The lowest BCUT2D eigenvalue weighted by atomic mass is 9.88. The molecule has 10 nitrogen and oxygen atoms in total. The van der Waals surface area contributed by atoms with Gasteiger partial charge in [-0.2, -0.15) is 10.2 Å². The molecule has 1 aromatic heterocycles. The minimum absolute atomic E-state index is 0.0271. The Bertz CT molecular complexity index is 1680. The highest BCUT2D eigenvalue weighted by Gasteiger charge is 2.38. The van der Waals surface area contributed by atoms with Crippen LogP contribution in [0, 0.1) is 17.1 Å². The molecule has 4 aliphatic rings. The highest BCUT2D eigenvalue weighted by atomic mass is 19.1. The highest BCUT2D eigenvalue weighted by molar-refractivity contribution is 5.69. The Hall–Kier alpha value is -4.50. The third-order valence-corrected chi connectivity index (χ3v) is 10.3. The van der Waals surface area contributed by atoms with Crippen LogP contribution < -0.4 is 14.7 Å². The van der Waals surface area contributed by atoms with Gasteiger partial charge in [-0.25, -0.2) is 18.6 Å². The molecule has 0 spiro atoms. The van der Waals surface area contributed by atoms with Gasteiger partial charge in [-0.05, 0) is 50.2 Å². The topological polar surface area (TPSA) is 92.1 Å². The third-order valence-electron chi connectivity index (χ3n) is 10.3. The molecule has 7 rings (SSSR count). The maximum absolute atomic E-state index is 15.0. The predicted molar refractivity (Wildman–Crippen MR) is 179 cm³/mol. The van der Waals surface area contributed by atoms with E-state index in [-0.39, 0.29) is 37.5 Å². The fraction of sp³-hybridized carbons (Fsp3) is 0.500. The van der Waals surface area contributed by atoms with Crippen LogP contribution in [0.25, 0.3) is 0 Å². The fourth-order valence-electron chi connectivity index (χ4n) is 7.49. The molecule has 2 aromatic carbocycles. The van der Waals surface area contributed by atoms with Gasteiger partial charge in [0.05, 0.1) is 24.2 Å². The van der Waals surface area contributed by atoms with Crippen molar-refractivity contribution in [1.82, 2.24) is 19.8 Å². The summed E-state index contributed by atoms with van der Waals surface area (Å²) in [6, 6.07) is 16.5. The number of carbonyl (C=O) groups is 1. The zero-order valence-electron chi connectivity index (χ0n) is 27.6. The van der Waals surface area contributed by atoms with Crippen molar-refractivity contribution in [3.05, 3.63) is 76.7 Å². The van der Waals surface area contributed by atoms with Crippen molar-refractivity contribution in [2.75, 3.05) is 68.1 Å². The van der Waals surface area contributed by atoms with Gasteiger partial charge in [0, 0.05) is 75.4 Å². The average Bonchev–Trinajstić information content (AvgIpc) is 3.06. The number of benzene rings is 2. The van der Waals surface area contributed by atoms with Gasteiger partial charge in [0.25, 0.3) is 0 Å². The molecule has 252 valence electrons. The number of nitrogens with zero attached hydrogens (tertiary/aromatic N) is 8. The van der Waals surface area contributed by atoms with Crippen LogP contribution in [0.5, 0.6) is 0 Å². The van der Waals surface area contributed by atoms with Crippen LogP contribution in [-0.2, 0) is 30.6 Å². The van der Waals surface area contributed by atoms with E-state index in [4.69, 9.17) is 14.7 Å². The minimum Gasteiger partial charge on any atom is -0.445 e. The summed E-state index contributed by atoms with van der Waals surface area (Å²) < 4.78 is 35.0. The van der Waals surface area contributed by atoms with Crippen LogP contribution in [0.15, 0.2) is 48.5 Å². The Labute approximate surface area is 280 Å². The lowest BCUT2D eigenvalue weighted by Gasteiger charge is -2.45. The number of hydrogen-bond acceptors (Lipinski definition) is 9. The number of piperazine rings is 1. The Kier molecular flexibility index (Phi) is 9.05. The Morgan fingerprint density at radius 3 is 2.62 bits per heavy atom. The smallest absolute Gasteiger partial charge is 0.410 e. The summed E-state index contributed by atoms with van der Waals surface area (Å²) in [6.07, 6.45) is 1.07. The highest BCUT2D eigenvalue weighted by Crippen LogP contribution is 2.38. The van der Waals surface area contributed by atoms with E-state index in [1.165, 1.54) is 12.1 Å². The number of fused-ring (bicyclic) bond motifs is 2. The van der Waals surface area contributed by atoms with Crippen molar-refractivity contribution < 1.29 is 18.3 Å². The van der Waals surface area contributed by atoms with Gasteiger partial charge in [0.15, 0.2) is 0 Å². The normalized spacial score (nSPS) is 22.5. The maximum atomic E-state index is 15.0. The van der Waals surface area contributed by atoms with Crippen LogP contribution in [0.1, 0.15) is 35.2 Å². The summed E-state index contributed by atoms with van der Waals surface area (Å²) in [6.45, 7) is 3.42. The number of halogens is 2. The van der Waals surface area contributed by atoms with E-state index in [0.717, 1.165) is 53.4 Å². The monoisotopic (exact) mass is 656 g/mol. The quantitative estimate of drug-likeness (QED) is 0.368. The van der Waals surface area contributed by atoms with Crippen molar-refractivity contribution in [1.29, 1.82) is 5.26 Å². The molecule has 1 amide bonds. The molecular weight excluding hydrogens is 614 g/mol. The number of anilines is 3. The Balaban J connectivity index is 1.15. The lowest BCUT2D eigenvalue weighted by molar-refractivity contribution is 0.0768. The van der Waals surface area contributed by atoms with Gasteiger partial charge < -0.3 is 29.2 Å². The number of hydrogen-bond donors (Lipinski definition) is 0. The number of likely N-dealkylation sites (N-methyl/N-ethyl adjacent to an activating group) is 1. The molecule has 0 bridgehead atoms. The first-order valence-electron chi connectivity index (χ1n) is 16.9.